The van der Waals surface area contributed by atoms with Crippen molar-refractivity contribution in [3.8, 4) is 17.2 Å². The summed E-state index contributed by atoms with van der Waals surface area (Å²) in [5, 5.41) is 0. The van der Waals surface area contributed by atoms with E-state index in [9.17, 15) is 8.42 Å². The number of nitrogens with two attached hydrogens (primary N) is 1. The second-order valence-electron chi connectivity index (χ2n) is 5.48. The molecule has 0 bridgehead atoms. The van der Waals surface area contributed by atoms with Gasteiger partial charge in [0.2, 0.25) is 0 Å². The molecule has 6 nitrogen and oxygen atoms in total. The molecule has 0 aromatic heterocycles. The van der Waals surface area contributed by atoms with E-state index in [2.05, 4.69) is 4.72 Å². The molecule has 3 N–H and O–H groups in total. The highest BCUT2D eigenvalue weighted by Crippen LogP contribution is 2.25. The van der Waals surface area contributed by atoms with Gasteiger partial charge in [-0.15, -0.1) is 0 Å². The Morgan fingerprint density at radius 2 is 1.13 bits per heavy atom. The van der Waals surface area contributed by atoms with E-state index in [4.69, 9.17) is 15.2 Å². The van der Waals surface area contributed by atoms with Gasteiger partial charge < -0.3 is 15.2 Å². The summed E-state index contributed by atoms with van der Waals surface area (Å²) in [4.78, 5) is 0.153. The molecule has 0 saturated heterocycles. The lowest BCUT2D eigenvalue weighted by molar-refractivity contribution is 0.414. The molecule has 30 heavy (non-hydrogen) atoms. The van der Waals surface area contributed by atoms with Crippen molar-refractivity contribution in [3.05, 3.63) is 72.8 Å². The van der Waals surface area contributed by atoms with Crippen molar-refractivity contribution in [2.24, 2.45) is 0 Å². The smallest absolute Gasteiger partial charge is 0.261 e. The Balaban J connectivity index is 0.00000106. The normalized spacial score (nSPS) is 9.90. The van der Waals surface area contributed by atoms with Gasteiger partial charge in [-0.3, -0.25) is 4.72 Å². The number of methoxy groups -OCH3 is 1. The predicted molar refractivity (Wildman–Crippen MR) is 124 cm³/mol. The van der Waals surface area contributed by atoms with Gasteiger partial charge in [-0.1, -0.05) is 27.7 Å². The summed E-state index contributed by atoms with van der Waals surface area (Å²) in [7, 11) is -2.15. The number of hydrogen-bond donors (Lipinski definition) is 2. The fourth-order valence-corrected chi connectivity index (χ4v) is 3.29. The lowest BCUT2D eigenvalue weighted by atomic mass is 10.3. The molecule has 0 aliphatic rings. The van der Waals surface area contributed by atoms with E-state index < -0.39 is 10.0 Å². The van der Waals surface area contributed by atoms with E-state index in [-0.39, 0.29) is 4.90 Å². The van der Waals surface area contributed by atoms with Crippen LogP contribution in [0.15, 0.2) is 77.7 Å². The van der Waals surface area contributed by atoms with Crippen LogP contribution in [0.2, 0.25) is 0 Å². The third-order valence-electron chi connectivity index (χ3n) is 3.59. The first kappa shape index (κ1) is 24.8. The summed E-state index contributed by atoms with van der Waals surface area (Å²) < 4.78 is 38.1. The molecule has 0 unspecified atom stereocenters. The van der Waals surface area contributed by atoms with Crippen LogP contribution in [0.3, 0.4) is 0 Å². The second-order valence-corrected chi connectivity index (χ2v) is 7.16. The predicted octanol–water partition coefficient (Wildman–Crippen LogP) is 5.92. The fourth-order valence-electron chi connectivity index (χ4n) is 2.23. The maximum absolute atomic E-state index is 12.4. The number of rotatable bonds is 6. The minimum atomic E-state index is -3.68. The van der Waals surface area contributed by atoms with Gasteiger partial charge in [-0.2, -0.15) is 0 Å². The van der Waals surface area contributed by atoms with E-state index >= 15 is 0 Å². The summed E-state index contributed by atoms with van der Waals surface area (Å²) in [6, 6.07) is 19.8. The number of nitrogen functional groups attached to an aromatic ring is 1. The molecule has 0 aliphatic heterocycles. The van der Waals surface area contributed by atoms with E-state index in [0.29, 0.717) is 28.6 Å². The molecule has 0 spiro atoms. The maximum atomic E-state index is 12.4. The van der Waals surface area contributed by atoms with Gasteiger partial charge in [-0.25, -0.2) is 8.42 Å². The number of ether oxygens (including phenoxy) is 2. The zero-order valence-electron chi connectivity index (χ0n) is 18.0. The third kappa shape index (κ3) is 7.33. The first-order valence-electron chi connectivity index (χ1n) is 9.76. The summed E-state index contributed by atoms with van der Waals surface area (Å²) >= 11 is 0. The van der Waals surface area contributed by atoms with E-state index in [1.165, 1.54) is 19.2 Å². The number of nitrogens with one attached hydrogen (secondary N) is 1. The number of benzene rings is 3. The molecular formula is C23H30N2O4S. The molecule has 0 atom stereocenters. The van der Waals surface area contributed by atoms with Crippen LogP contribution in [0.5, 0.6) is 17.2 Å². The van der Waals surface area contributed by atoms with Crippen molar-refractivity contribution >= 4 is 21.4 Å². The standard InChI is InChI=1S/C19H18N2O4S.2C2H6/c1-24-16-10-12-19(13-11-16)26(22,23)21-15-4-8-18(9-5-15)25-17-6-2-14(20)3-7-17;2*1-2/h2-13,21H,20H2,1H3;2*1-2H3. The van der Waals surface area contributed by atoms with Gasteiger partial charge in [0, 0.05) is 11.4 Å². The van der Waals surface area contributed by atoms with E-state index in [1.807, 2.05) is 27.7 Å². The quantitative estimate of drug-likeness (QED) is 0.474. The molecule has 162 valence electrons. The average molecular weight is 431 g/mol. The van der Waals surface area contributed by atoms with Gasteiger partial charge in [0.15, 0.2) is 0 Å². The molecule has 3 aromatic carbocycles. The topological polar surface area (TPSA) is 90.7 Å². The van der Waals surface area contributed by atoms with E-state index in [1.54, 1.807) is 60.7 Å². The zero-order chi connectivity index (χ0) is 22.6. The molecule has 0 radical (unpaired) electrons. The zero-order valence-corrected chi connectivity index (χ0v) is 18.9. The van der Waals surface area contributed by atoms with Crippen molar-refractivity contribution in [1.82, 2.24) is 0 Å². The number of anilines is 2. The third-order valence-corrected chi connectivity index (χ3v) is 4.99. The van der Waals surface area contributed by atoms with Gasteiger partial charge in [-0.05, 0) is 72.8 Å². The molecule has 7 heteroatoms. The Morgan fingerprint density at radius 1 is 0.700 bits per heavy atom. The first-order chi connectivity index (χ1) is 14.5. The molecule has 3 aromatic rings. The van der Waals surface area contributed by atoms with Gasteiger partial charge in [0.25, 0.3) is 10.0 Å². The number of sulfonamides is 1. The van der Waals surface area contributed by atoms with Crippen molar-refractivity contribution in [3.63, 3.8) is 0 Å². The molecule has 3 rings (SSSR count). The monoisotopic (exact) mass is 430 g/mol. The minimum absolute atomic E-state index is 0.153. The average Bonchev–Trinajstić information content (AvgIpc) is 2.79. The van der Waals surface area contributed by atoms with Gasteiger partial charge in [0.1, 0.15) is 17.2 Å². The SMILES string of the molecule is CC.CC.COc1ccc(S(=O)(=O)Nc2ccc(Oc3ccc(N)cc3)cc2)cc1. The molecule has 0 saturated carbocycles. The van der Waals surface area contributed by atoms with Crippen molar-refractivity contribution in [2.75, 3.05) is 17.6 Å². The Labute approximate surface area is 179 Å². The van der Waals surface area contributed by atoms with Gasteiger partial charge in [0.05, 0.1) is 12.0 Å². The number of hydrogen-bond acceptors (Lipinski definition) is 5. The highest BCUT2D eigenvalue weighted by Gasteiger charge is 2.14. The van der Waals surface area contributed by atoms with Crippen LogP contribution in [0.25, 0.3) is 0 Å². The van der Waals surface area contributed by atoms with Crippen molar-refractivity contribution in [2.45, 2.75) is 32.6 Å². The second kappa shape index (κ2) is 12.4. The summed E-state index contributed by atoms with van der Waals surface area (Å²) in [6.07, 6.45) is 0. The Bertz CT molecular complexity index is 969. The highest BCUT2D eigenvalue weighted by molar-refractivity contribution is 7.92. The molecular weight excluding hydrogens is 400 g/mol. The highest BCUT2D eigenvalue weighted by atomic mass is 32.2. The van der Waals surface area contributed by atoms with Crippen LogP contribution >= 0.6 is 0 Å². The first-order valence-corrected chi connectivity index (χ1v) is 11.2. The fraction of sp³-hybridized carbons (Fsp3) is 0.217. The molecule has 0 aliphatic carbocycles. The summed E-state index contributed by atoms with van der Waals surface area (Å²) in [6.45, 7) is 8.00. The Hall–Kier alpha value is -3.19. The van der Waals surface area contributed by atoms with Crippen molar-refractivity contribution < 1.29 is 17.9 Å². The minimum Gasteiger partial charge on any atom is -0.497 e. The Kier molecular flexibility index (Phi) is 10.3. The van der Waals surface area contributed by atoms with Crippen LogP contribution in [-0.2, 0) is 10.0 Å². The summed E-state index contributed by atoms with van der Waals surface area (Å²) in [5.74, 6) is 1.82. The largest absolute Gasteiger partial charge is 0.497 e. The van der Waals surface area contributed by atoms with Gasteiger partial charge >= 0.3 is 0 Å². The molecule has 0 fully saturated rings. The van der Waals surface area contributed by atoms with Crippen LogP contribution in [-0.4, -0.2) is 15.5 Å². The Morgan fingerprint density at radius 3 is 1.60 bits per heavy atom. The maximum Gasteiger partial charge on any atom is 0.261 e. The van der Waals surface area contributed by atoms with Crippen LogP contribution < -0.4 is 19.9 Å². The molecule has 0 heterocycles. The van der Waals surface area contributed by atoms with Crippen LogP contribution in [0, 0.1) is 0 Å². The van der Waals surface area contributed by atoms with E-state index in [0.717, 1.165) is 0 Å². The van der Waals surface area contributed by atoms with Crippen LogP contribution in [0.4, 0.5) is 11.4 Å². The van der Waals surface area contributed by atoms with Crippen molar-refractivity contribution in [1.29, 1.82) is 0 Å². The molecule has 0 amide bonds. The van der Waals surface area contributed by atoms with Crippen LogP contribution in [0.1, 0.15) is 27.7 Å². The lowest BCUT2D eigenvalue weighted by Gasteiger charge is -2.10. The summed E-state index contributed by atoms with van der Waals surface area (Å²) in [5.41, 5.74) is 6.72. The lowest BCUT2D eigenvalue weighted by Crippen LogP contribution is -2.12.